The van der Waals surface area contributed by atoms with Crippen molar-refractivity contribution < 1.29 is 19.2 Å². The minimum Gasteiger partial charge on any atom is -0.494 e. The van der Waals surface area contributed by atoms with E-state index in [0.29, 0.717) is 34.0 Å². The Balaban J connectivity index is 1.57. The molecule has 0 saturated carbocycles. The van der Waals surface area contributed by atoms with Crippen molar-refractivity contribution in [1.82, 2.24) is 4.57 Å². The topological polar surface area (TPSA) is 113 Å². The fourth-order valence-corrected chi connectivity index (χ4v) is 5.94. The smallest absolute Gasteiger partial charge is 0.338 e. The molecule has 9 nitrogen and oxygen atoms in total. The van der Waals surface area contributed by atoms with E-state index >= 15 is 0 Å². The molecule has 5 rings (SSSR count). The van der Waals surface area contributed by atoms with Gasteiger partial charge in [-0.2, -0.15) is 0 Å². The van der Waals surface area contributed by atoms with E-state index < -0.39 is 22.5 Å². The molecule has 43 heavy (non-hydrogen) atoms. The van der Waals surface area contributed by atoms with Crippen LogP contribution in [0.3, 0.4) is 0 Å². The summed E-state index contributed by atoms with van der Waals surface area (Å²) in [6.07, 6.45) is 4.63. The number of aromatic nitrogens is 1. The zero-order valence-electron chi connectivity index (χ0n) is 23.9. The largest absolute Gasteiger partial charge is 0.494 e. The highest BCUT2D eigenvalue weighted by Gasteiger charge is 2.33. The van der Waals surface area contributed by atoms with Crippen molar-refractivity contribution in [2.75, 3.05) is 6.61 Å². The van der Waals surface area contributed by atoms with Crippen molar-refractivity contribution in [3.8, 4) is 5.75 Å². The number of fused-ring (bicyclic) bond motifs is 1. The molecule has 1 unspecified atom stereocenters. The number of nitro groups is 1. The molecule has 3 aromatic carbocycles. The number of rotatable bonds is 11. The van der Waals surface area contributed by atoms with Crippen molar-refractivity contribution >= 4 is 29.1 Å². The lowest BCUT2D eigenvalue weighted by molar-refractivity contribution is -0.385. The minimum absolute atomic E-state index is 0.0653. The number of ether oxygens (including phenoxy) is 2. The Morgan fingerprint density at radius 3 is 2.49 bits per heavy atom. The molecule has 1 aliphatic heterocycles. The third kappa shape index (κ3) is 6.65. The molecule has 1 atom stereocenters. The number of thiazole rings is 1. The molecule has 0 N–H and O–H groups in total. The molecule has 0 saturated heterocycles. The summed E-state index contributed by atoms with van der Waals surface area (Å²) in [5, 5.41) is 11.6. The van der Waals surface area contributed by atoms with E-state index in [1.54, 1.807) is 25.1 Å². The van der Waals surface area contributed by atoms with Gasteiger partial charge in [-0.3, -0.25) is 19.5 Å². The molecule has 0 bridgehead atoms. The monoisotopic (exact) mass is 597 g/mol. The summed E-state index contributed by atoms with van der Waals surface area (Å²) in [7, 11) is 0. The van der Waals surface area contributed by atoms with E-state index in [1.165, 1.54) is 16.7 Å². The van der Waals surface area contributed by atoms with Crippen LogP contribution in [0.15, 0.2) is 99.9 Å². The van der Waals surface area contributed by atoms with E-state index in [9.17, 15) is 19.7 Å². The summed E-state index contributed by atoms with van der Waals surface area (Å²) in [4.78, 5) is 43.7. The number of esters is 1. The summed E-state index contributed by atoms with van der Waals surface area (Å²) in [5.41, 5.74) is 1.97. The summed E-state index contributed by atoms with van der Waals surface area (Å²) >= 11 is 1.12. The van der Waals surface area contributed by atoms with Crippen LogP contribution in [0.4, 0.5) is 5.69 Å². The van der Waals surface area contributed by atoms with Crippen LogP contribution in [-0.2, 0) is 16.1 Å². The van der Waals surface area contributed by atoms with Gasteiger partial charge in [0.1, 0.15) is 12.4 Å². The molecule has 0 amide bonds. The van der Waals surface area contributed by atoms with Crippen LogP contribution in [-0.4, -0.2) is 22.1 Å². The van der Waals surface area contributed by atoms with Gasteiger partial charge in [0.2, 0.25) is 0 Å². The number of hydrogen-bond donors (Lipinski definition) is 0. The van der Waals surface area contributed by atoms with Gasteiger partial charge in [0.25, 0.3) is 11.2 Å². The molecule has 1 aromatic heterocycles. The second-order valence-corrected chi connectivity index (χ2v) is 11.1. The molecular formula is C33H31N3O6S. The van der Waals surface area contributed by atoms with Gasteiger partial charge in [-0.25, -0.2) is 9.79 Å². The molecule has 10 heteroatoms. The van der Waals surface area contributed by atoms with Gasteiger partial charge in [-0.15, -0.1) is 0 Å². The number of hydrogen-bond acceptors (Lipinski definition) is 8. The number of carbonyl (C=O) groups excluding carboxylic acids is 1. The van der Waals surface area contributed by atoms with Crippen LogP contribution >= 0.6 is 11.3 Å². The van der Waals surface area contributed by atoms with E-state index in [2.05, 4.69) is 11.9 Å². The summed E-state index contributed by atoms with van der Waals surface area (Å²) in [6, 6.07) is 22.1. The predicted octanol–water partition coefficient (Wildman–Crippen LogP) is 5.46. The normalized spacial score (nSPS) is 14.7. The van der Waals surface area contributed by atoms with Crippen molar-refractivity contribution in [3.05, 3.63) is 137 Å². The van der Waals surface area contributed by atoms with Crippen molar-refractivity contribution in [2.24, 2.45) is 4.99 Å². The predicted molar refractivity (Wildman–Crippen MR) is 165 cm³/mol. The Bertz CT molecular complexity index is 1840. The zero-order valence-corrected chi connectivity index (χ0v) is 24.7. The Kier molecular flexibility index (Phi) is 9.26. The van der Waals surface area contributed by atoms with Crippen LogP contribution in [0.2, 0.25) is 0 Å². The molecule has 220 valence electrons. The first-order valence-corrected chi connectivity index (χ1v) is 14.9. The molecule has 2 heterocycles. The van der Waals surface area contributed by atoms with Crippen molar-refractivity contribution in [2.45, 2.75) is 45.8 Å². The molecule has 0 aliphatic carbocycles. The SMILES string of the molecule is CCCCCOc1ccc(C2C(C(=O)OCc3ccccc3)=C(C)N=c3sc(=Cc4ccccc4[N+](=O)[O-])c(=O)n32)cc1. The van der Waals surface area contributed by atoms with Crippen LogP contribution < -0.4 is 19.6 Å². The van der Waals surface area contributed by atoms with Gasteiger partial charge in [0.05, 0.1) is 38.9 Å². The van der Waals surface area contributed by atoms with E-state index in [0.717, 1.165) is 36.2 Å². The maximum absolute atomic E-state index is 13.9. The Morgan fingerprint density at radius 1 is 1.05 bits per heavy atom. The molecule has 4 aromatic rings. The number of nitro benzene ring substituents is 1. The quantitative estimate of drug-likeness (QED) is 0.0983. The number of carbonyl (C=O) groups is 1. The molecule has 1 aliphatic rings. The lowest BCUT2D eigenvalue weighted by atomic mass is 9.96. The van der Waals surface area contributed by atoms with E-state index in [-0.39, 0.29) is 22.4 Å². The van der Waals surface area contributed by atoms with Gasteiger partial charge < -0.3 is 9.47 Å². The fraction of sp³-hybridized carbons (Fsp3) is 0.242. The average molecular weight is 598 g/mol. The van der Waals surface area contributed by atoms with Crippen LogP contribution in [0.5, 0.6) is 5.75 Å². The third-order valence-corrected chi connectivity index (χ3v) is 8.07. The van der Waals surface area contributed by atoms with Crippen molar-refractivity contribution in [1.29, 1.82) is 0 Å². The first-order valence-electron chi connectivity index (χ1n) is 14.1. The van der Waals surface area contributed by atoms with Gasteiger partial charge in [0, 0.05) is 6.07 Å². The van der Waals surface area contributed by atoms with Gasteiger partial charge >= 0.3 is 5.97 Å². The van der Waals surface area contributed by atoms with Crippen LogP contribution in [0, 0.1) is 10.1 Å². The van der Waals surface area contributed by atoms with Gasteiger partial charge in [0.15, 0.2) is 4.80 Å². The Hall–Kier alpha value is -4.83. The number of benzene rings is 3. The molecule has 0 radical (unpaired) electrons. The highest BCUT2D eigenvalue weighted by Crippen LogP contribution is 2.32. The van der Waals surface area contributed by atoms with Gasteiger partial charge in [-0.1, -0.05) is 85.7 Å². The van der Waals surface area contributed by atoms with E-state index in [4.69, 9.17) is 9.47 Å². The number of nitrogens with zero attached hydrogens (tertiary/aromatic N) is 3. The first kappa shape index (κ1) is 29.7. The second-order valence-electron chi connectivity index (χ2n) is 10.1. The zero-order chi connectivity index (χ0) is 30.3. The Morgan fingerprint density at radius 2 is 1.77 bits per heavy atom. The molecule has 0 fully saturated rings. The van der Waals surface area contributed by atoms with Crippen molar-refractivity contribution in [3.63, 3.8) is 0 Å². The first-order chi connectivity index (χ1) is 20.9. The third-order valence-electron chi connectivity index (χ3n) is 7.09. The lowest BCUT2D eigenvalue weighted by Crippen LogP contribution is -2.39. The number of unbranched alkanes of at least 4 members (excludes halogenated alkanes) is 2. The highest BCUT2D eigenvalue weighted by molar-refractivity contribution is 7.07. The summed E-state index contributed by atoms with van der Waals surface area (Å²) in [5.74, 6) is 0.112. The lowest BCUT2D eigenvalue weighted by Gasteiger charge is -2.25. The molecular weight excluding hydrogens is 566 g/mol. The summed E-state index contributed by atoms with van der Waals surface area (Å²) < 4.78 is 13.3. The van der Waals surface area contributed by atoms with E-state index in [1.807, 2.05) is 54.6 Å². The van der Waals surface area contributed by atoms with Gasteiger partial charge in [-0.05, 0) is 48.7 Å². The number of para-hydroxylation sites is 1. The van der Waals surface area contributed by atoms with Crippen LogP contribution in [0.25, 0.3) is 6.08 Å². The standard InChI is InChI=1S/C33H31N3O6S/c1-3-4-10-19-41-26-17-15-24(16-18-26)30-29(32(38)42-21-23-11-6-5-7-12-23)22(2)34-33-35(30)31(37)28(43-33)20-25-13-8-9-14-27(25)36(39)40/h5-9,11-18,20,30H,3-4,10,19,21H2,1-2H3. The minimum atomic E-state index is -0.818. The maximum Gasteiger partial charge on any atom is 0.338 e. The Labute approximate surface area is 252 Å². The molecule has 0 spiro atoms. The number of allylic oxidation sites excluding steroid dienone is 1. The van der Waals surface area contributed by atoms with Crippen LogP contribution in [0.1, 0.15) is 55.8 Å². The fourth-order valence-electron chi connectivity index (χ4n) is 4.90. The average Bonchev–Trinajstić information content (AvgIpc) is 3.32. The second kappa shape index (κ2) is 13.4. The maximum atomic E-state index is 13.9. The highest BCUT2D eigenvalue weighted by atomic mass is 32.1. The summed E-state index contributed by atoms with van der Waals surface area (Å²) in [6.45, 7) is 4.52.